The quantitative estimate of drug-likeness (QED) is 0.788. The van der Waals surface area contributed by atoms with Gasteiger partial charge in [-0.25, -0.2) is 0 Å². The molecular weight excluding hydrogens is 336 g/mol. The fourth-order valence-electron chi connectivity index (χ4n) is 2.99. The van der Waals surface area contributed by atoms with Gasteiger partial charge in [0.05, 0.1) is 0 Å². The first-order chi connectivity index (χ1) is 12.2. The molecule has 1 aliphatic heterocycles. The lowest BCUT2D eigenvalue weighted by Gasteiger charge is -2.32. The van der Waals surface area contributed by atoms with E-state index in [0.29, 0.717) is 17.9 Å². The highest BCUT2D eigenvalue weighted by Crippen LogP contribution is 2.18. The second kappa shape index (κ2) is 8.97. The first kappa shape index (κ1) is 17.9. The summed E-state index contributed by atoms with van der Waals surface area (Å²) in [5.74, 6) is 1.09. The van der Waals surface area contributed by atoms with Gasteiger partial charge in [0.15, 0.2) is 0 Å². The van der Waals surface area contributed by atoms with Crippen LogP contribution in [0.25, 0.3) is 0 Å². The molecule has 1 saturated heterocycles. The summed E-state index contributed by atoms with van der Waals surface area (Å²) in [6, 6.07) is 11.0. The lowest BCUT2D eigenvalue weighted by Crippen LogP contribution is -2.39. The van der Waals surface area contributed by atoms with E-state index < -0.39 is 0 Å². The molecule has 134 valence electrons. The van der Waals surface area contributed by atoms with E-state index in [1.54, 1.807) is 0 Å². The van der Waals surface area contributed by atoms with Crippen LogP contribution in [0.3, 0.4) is 0 Å². The van der Waals surface area contributed by atoms with Crippen LogP contribution in [0.2, 0.25) is 5.28 Å². The van der Waals surface area contributed by atoms with Crippen LogP contribution in [0, 0.1) is 0 Å². The molecule has 25 heavy (non-hydrogen) atoms. The molecule has 0 radical (unpaired) electrons. The van der Waals surface area contributed by atoms with Gasteiger partial charge in [-0.1, -0.05) is 37.3 Å². The van der Waals surface area contributed by atoms with E-state index in [4.69, 9.17) is 11.6 Å². The molecular formula is C18H25ClN6. The van der Waals surface area contributed by atoms with Crippen LogP contribution in [-0.4, -0.2) is 45.5 Å². The standard InChI is InChI=1S/C18H25ClN6/c1-2-10-20-17-22-16(19)23-18(24-17)21-15-8-11-25(12-9-15)13-14-6-4-3-5-7-14/h3-7,15H,2,8-13H2,1H3,(H2,20,21,22,23,24). The van der Waals surface area contributed by atoms with Crippen molar-refractivity contribution >= 4 is 23.5 Å². The summed E-state index contributed by atoms with van der Waals surface area (Å²) in [6.07, 6.45) is 3.13. The molecule has 0 spiro atoms. The minimum Gasteiger partial charge on any atom is -0.354 e. The summed E-state index contributed by atoms with van der Waals surface area (Å²) in [7, 11) is 0. The maximum Gasteiger partial charge on any atom is 0.229 e. The van der Waals surface area contributed by atoms with Crippen LogP contribution in [0.5, 0.6) is 0 Å². The van der Waals surface area contributed by atoms with Gasteiger partial charge < -0.3 is 10.6 Å². The molecule has 7 heteroatoms. The number of nitrogens with zero attached hydrogens (tertiary/aromatic N) is 4. The van der Waals surface area contributed by atoms with Gasteiger partial charge in [0.1, 0.15) is 0 Å². The molecule has 1 aromatic carbocycles. The summed E-state index contributed by atoms with van der Waals surface area (Å²) in [4.78, 5) is 15.2. The highest BCUT2D eigenvalue weighted by Gasteiger charge is 2.20. The van der Waals surface area contributed by atoms with Gasteiger partial charge >= 0.3 is 0 Å². The van der Waals surface area contributed by atoms with Gasteiger partial charge in [0, 0.05) is 32.2 Å². The number of rotatable bonds is 7. The van der Waals surface area contributed by atoms with Crippen molar-refractivity contribution in [1.82, 2.24) is 19.9 Å². The third-order valence-corrected chi connectivity index (χ3v) is 4.48. The second-order valence-electron chi connectivity index (χ2n) is 6.36. The molecule has 0 aliphatic carbocycles. The Morgan fingerprint density at radius 1 is 1.08 bits per heavy atom. The highest BCUT2D eigenvalue weighted by atomic mass is 35.5. The first-order valence-electron chi connectivity index (χ1n) is 8.91. The van der Waals surface area contributed by atoms with E-state index >= 15 is 0 Å². The molecule has 0 amide bonds. The van der Waals surface area contributed by atoms with Crippen molar-refractivity contribution in [2.75, 3.05) is 30.3 Å². The van der Waals surface area contributed by atoms with E-state index in [-0.39, 0.29) is 5.28 Å². The number of nitrogens with one attached hydrogen (secondary N) is 2. The van der Waals surface area contributed by atoms with Gasteiger partial charge in [-0.3, -0.25) is 4.90 Å². The molecule has 0 saturated carbocycles. The second-order valence-corrected chi connectivity index (χ2v) is 6.70. The van der Waals surface area contributed by atoms with Crippen LogP contribution in [-0.2, 0) is 6.54 Å². The predicted molar refractivity (Wildman–Crippen MR) is 102 cm³/mol. The van der Waals surface area contributed by atoms with E-state index in [1.165, 1.54) is 5.56 Å². The lowest BCUT2D eigenvalue weighted by atomic mass is 10.0. The van der Waals surface area contributed by atoms with Crippen molar-refractivity contribution in [2.45, 2.75) is 38.8 Å². The zero-order valence-corrected chi connectivity index (χ0v) is 15.3. The van der Waals surface area contributed by atoms with Crippen LogP contribution in [0.15, 0.2) is 30.3 Å². The Morgan fingerprint density at radius 2 is 1.80 bits per heavy atom. The molecule has 0 bridgehead atoms. The summed E-state index contributed by atoms with van der Waals surface area (Å²) in [5.41, 5.74) is 1.37. The minimum atomic E-state index is 0.220. The minimum absolute atomic E-state index is 0.220. The van der Waals surface area contributed by atoms with Crippen molar-refractivity contribution in [3.05, 3.63) is 41.2 Å². The van der Waals surface area contributed by atoms with Crippen LogP contribution in [0.4, 0.5) is 11.9 Å². The maximum absolute atomic E-state index is 6.01. The van der Waals surface area contributed by atoms with Gasteiger partial charge in [0.25, 0.3) is 0 Å². The third kappa shape index (κ3) is 5.54. The summed E-state index contributed by atoms with van der Waals surface area (Å²) >= 11 is 6.01. The Morgan fingerprint density at radius 3 is 2.52 bits per heavy atom. The molecule has 0 unspecified atom stereocenters. The molecule has 2 N–H and O–H groups in total. The van der Waals surface area contributed by atoms with Crippen molar-refractivity contribution < 1.29 is 0 Å². The highest BCUT2D eigenvalue weighted by molar-refractivity contribution is 6.28. The average Bonchev–Trinajstić information content (AvgIpc) is 2.62. The van der Waals surface area contributed by atoms with E-state index in [2.05, 4.69) is 67.7 Å². The molecule has 3 rings (SSSR count). The van der Waals surface area contributed by atoms with E-state index in [0.717, 1.165) is 45.4 Å². The zero-order valence-electron chi connectivity index (χ0n) is 14.6. The maximum atomic E-state index is 6.01. The van der Waals surface area contributed by atoms with Crippen LogP contribution in [0.1, 0.15) is 31.7 Å². The topological polar surface area (TPSA) is 66.0 Å². The zero-order chi connectivity index (χ0) is 17.5. The Labute approximate surface area is 154 Å². The van der Waals surface area contributed by atoms with E-state index in [1.807, 2.05) is 0 Å². The fourth-order valence-corrected chi connectivity index (χ4v) is 3.15. The number of piperidine rings is 1. The number of benzene rings is 1. The summed E-state index contributed by atoms with van der Waals surface area (Å²) < 4.78 is 0. The summed E-state index contributed by atoms with van der Waals surface area (Å²) in [6.45, 7) is 6.05. The SMILES string of the molecule is CCCNc1nc(Cl)nc(NC2CCN(Cc3ccccc3)CC2)n1. The Bertz CT molecular complexity index is 658. The molecule has 1 aromatic heterocycles. The van der Waals surface area contributed by atoms with Crippen LogP contribution >= 0.6 is 11.6 Å². The molecule has 0 atom stereocenters. The fraction of sp³-hybridized carbons (Fsp3) is 0.500. The normalized spacial score (nSPS) is 15.9. The first-order valence-corrected chi connectivity index (χ1v) is 9.29. The number of likely N-dealkylation sites (tertiary alicyclic amines) is 1. The third-order valence-electron chi connectivity index (χ3n) is 4.31. The smallest absolute Gasteiger partial charge is 0.229 e. The van der Waals surface area contributed by atoms with Crippen molar-refractivity contribution in [3.63, 3.8) is 0 Å². The van der Waals surface area contributed by atoms with Crippen LogP contribution < -0.4 is 10.6 Å². The number of halogens is 1. The number of anilines is 2. The predicted octanol–water partition coefficient (Wildman–Crippen LogP) is 3.42. The molecule has 1 fully saturated rings. The monoisotopic (exact) mass is 360 g/mol. The molecule has 6 nitrogen and oxygen atoms in total. The molecule has 2 aromatic rings. The van der Waals surface area contributed by atoms with Gasteiger partial charge in [-0.2, -0.15) is 15.0 Å². The van der Waals surface area contributed by atoms with Crippen molar-refractivity contribution in [3.8, 4) is 0 Å². The van der Waals surface area contributed by atoms with Gasteiger partial charge in [0.2, 0.25) is 17.2 Å². The molecule has 2 heterocycles. The van der Waals surface area contributed by atoms with Gasteiger partial charge in [-0.15, -0.1) is 0 Å². The Hall–Kier alpha value is -1.92. The summed E-state index contributed by atoms with van der Waals surface area (Å²) in [5, 5.41) is 6.78. The Balaban J connectivity index is 1.51. The van der Waals surface area contributed by atoms with Gasteiger partial charge in [-0.05, 0) is 36.4 Å². The van der Waals surface area contributed by atoms with Crippen molar-refractivity contribution in [1.29, 1.82) is 0 Å². The number of aromatic nitrogens is 3. The largest absolute Gasteiger partial charge is 0.354 e. The number of hydrogen-bond donors (Lipinski definition) is 2. The Kier molecular flexibility index (Phi) is 6.42. The number of hydrogen-bond acceptors (Lipinski definition) is 6. The van der Waals surface area contributed by atoms with E-state index in [9.17, 15) is 0 Å². The average molecular weight is 361 g/mol. The van der Waals surface area contributed by atoms with Crippen molar-refractivity contribution in [2.24, 2.45) is 0 Å². The molecule has 1 aliphatic rings. The lowest BCUT2D eigenvalue weighted by molar-refractivity contribution is 0.211.